The highest BCUT2D eigenvalue weighted by Crippen LogP contribution is 2.21. The van der Waals surface area contributed by atoms with Gasteiger partial charge in [-0.3, -0.25) is 9.48 Å². The van der Waals surface area contributed by atoms with Gasteiger partial charge in [-0.25, -0.2) is 0 Å². The van der Waals surface area contributed by atoms with Crippen molar-refractivity contribution in [1.82, 2.24) is 9.78 Å². The third-order valence-corrected chi connectivity index (χ3v) is 2.58. The second-order valence-corrected chi connectivity index (χ2v) is 3.48. The van der Waals surface area contributed by atoms with Crippen LogP contribution in [0.5, 0.6) is 0 Å². The van der Waals surface area contributed by atoms with Crippen molar-refractivity contribution in [2.24, 2.45) is 0 Å². The zero-order valence-corrected chi connectivity index (χ0v) is 8.36. The van der Waals surface area contributed by atoms with E-state index in [2.05, 4.69) is 11.2 Å². The van der Waals surface area contributed by atoms with Gasteiger partial charge in [0.05, 0.1) is 0 Å². The summed E-state index contributed by atoms with van der Waals surface area (Å²) in [5.41, 5.74) is 1.68. The molecule has 0 fully saturated rings. The fraction of sp³-hybridized carbons (Fsp3) is 0.455. The Morgan fingerprint density at radius 2 is 2.50 bits per heavy atom. The van der Waals surface area contributed by atoms with Crippen LogP contribution < -0.4 is 0 Å². The molecular formula is C11H14N2O. The number of ketones is 1. The quantitative estimate of drug-likeness (QED) is 0.685. The molecule has 1 aliphatic rings. The lowest BCUT2D eigenvalue weighted by atomic mass is 10.1. The topological polar surface area (TPSA) is 34.9 Å². The highest BCUT2D eigenvalue weighted by molar-refractivity contribution is 6.07. The molecule has 0 N–H and O–H groups in total. The fourth-order valence-corrected chi connectivity index (χ4v) is 1.82. The van der Waals surface area contributed by atoms with Crippen LogP contribution in [0.2, 0.25) is 0 Å². The predicted molar refractivity (Wildman–Crippen MR) is 54.2 cm³/mol. The van der Waals surface area contributed by atoms with Gasteiger partial charge in [0.15, 0.2) is 0 Å². The van der Waals surface area contributed by atoms with Crippen LogP contribution in [0.4, 0.5) is 0 Å². The van der Waals surface area contributed by atoms with Crippen molar-refractivity contribution >= 4 is 5.78 Å². The van der Waals surface area contributed by atoms with Crippen molar-refractivity contribution in [3.63, 3.8) is 0 Å². The van der Waals surface area contributed by atoms with Crippen LogP contribution in [0.1, 0.15) is 36.7 Å². The number of aryl methyl sites for hydroxylation is 1. The molecule has 0 atom stereocenters. The number of hydrogen-bond acceptors (Lipinski definition) is 2. The third kappa shape index (κ3) is 1.50. The Bertz CT molecular complexity index is 376. The van der Waals surface area contributed by atoms with Gasteiger partial charge in [0.1, 0.15) is 5.69 Å². The number of allylic oxidation sites excluding steroid dienone is 2. The molecule has 3 nitrogen and oxygen atoms in total. The van der Waals surface area contributed by atoms with E-state index >= 15 is 0 Å². The number of Topliss-reactive ketones (excluding diaryl/α,β-unsaturated/α-hetero) is 1. The van der Waals surface area contributed by atoms with Crippen molar-refractivity contribution in [3.8, 4) is 0 Å². The standard InChI is InChI=1S/C11H14N2O/c1-2-13-10(7-8-12-13)11(14)9-5-3-4-6-9/h5,7-8H,2-4,6H2,1H3. The second-order valence-electron chi connectivity index (χ2n) is 3.48. The molecule has 1 heterocycles. The van der Waals surface area contributed by atoms with Crippen LogP contribution in [0.25, 0.3) is 0 Å². The van der Waals surface area contributed by atoms with Crippen LogP contribution in [-0.2, 0) is 6.54 Å². The third-order valence-electron chi connectivity index (χ3n) is 2.58. The van der Waals surface area contributed by atoms with Gasteiger partial charge >= 0.3 is 0 Å². The van der Waals surface area contributed by atoms with Gasteiger partial charge in [0, 0.05) is 12.7 Å². The van der Waals surface area contributed by atoms with Crippen LogP contribution >= 0.6 is 0 Å². The number of rotatable bonds is 3. The Labute approximate surface area is 83.4 Å². The lowest BCUT2D eigenvalue weighted by molar-refractivity contribution is 0.102. The number of hydrogen-bond donors (Lipinski definition) is 0. The van der Waals surface area contributed by atoms with Gasteiger partial charge in [-0.1, -0.05) is 6.08 Å². The summed E-state index contributed by atoms with van der Waals surface area (Å²) in [7, 11) is 0. The maximum atomic E-state index is 12.0. The van der Waals surface area contributed by atoms with Crippen molar-refractivity contribution in [3.05, 3.63) is 29.6 Å². The molecule has 2 rings (SSSR count). The highest BCUT2D eigenvalue weighted by Gasteiger charge is 2.18. The first-order valence-corrected chi connectivity index (χ1v) is 5.08. The van der Waals surface area contributed by atoms with E-state index in [1.807, 2.05) is 6.92 Å². The Hall–Kier alpha value is -1.38. The lowest BCUT2D eigenvalue weighted by Crippen LogP contribution is -2.10. The molecule has 3 heteroatoms. The molecule has 1 aromatic rings. The molecule has 0 amide bonds. The maximum absolute atomic E-state index is 12.0. The zero-order chi connectivity index (χ0) is 9.97. The zero-order valence-electron chi connectivity index (χ0n) is 8.36. The highest BCUT2D eigenvalue weighted by atomic mass is 16.1. The Morgan fingerprint density at radius 1 is 1.64 bits per heavy atom. The summed E-state index contributed by atoms with van der Waals surface area (Å²) >= 11 is 0. The van der Waals surface area contributed by atoms with Crippen LogP contribution in [0, 0.1) is 0 Å². The molecule has 14 heavy (non-hydrogen) atoms. The largest absolute Gasteiger partial charge is 0.287 e. The van der Waals surface area contributed by atoms with Gasteiger partial charge in [-0.15, -0.1) is 0 Å². The van der Waals surface area contributed by atoms with E-state index in [9.17, 15) is 4.79 Å². The lowest BCUT2D eigenvalue weighted by Gasteiger charge is -2.03. The minimum atomic E-state index is 0.154. The Balaban J connectivity index is 2.26. The molecule has 0 aliphatic heterocycles. The van der Waals surface area contributed by atoms with Gasteiger partial charge in [-0.2, -0.15) is 5.10 Å². The summed E-state index contributed by atoms with van der Waals surface area (Å²) in [5, 5.41) is 4.10. The van der Waals surface area contributed by atoms with E-state index in [1.54, 1.807) is 16.9 Å². The van der Waals surface area contributed by atoms with Gasteiger partial charge in [0.2, 0.25) is 5.78 Å². The monoisotopic (exact) mass is 190 g/mol. The molecule has 0 saturated heterocycles. The van der Waals surface area contributed by atoms with Crippen LogP contribution in [0.15, 0.2) is 23.9 Å². The molecule has 0 bridgehead atoms. The normalized spacial score (nSPS) is 15.6. The van der Waals surface area contributed by atoms with Crippen LogP contribution in [-0.4, -0.2) is 15.6 Å². The number of carbonyl (C=O) groups is 1. The molecule has 74 valence electrons. The van der Waals surface area contributed by atoms with E-state index < -0.39 is 0 Å². The smallest absolute Gasteiger partial charge is 0.206 e. The summed E-state index contributed by atoms with van der Waals surface area (Å²) < 4.78 is 1.75. The van der Waals surface area contributed by atoms with Gasteiger partial charge in [0.25, 0.3) is 0 Å². The van der Waals surface area contributed by atoms with E-state index in [0.29, 0.717) is 0 Å². The number of carbonyl (C=O) groups excluding carboxylic acids is 1. The average Bonchev–Trinajstić information content (AvgIpc) is 2.87. The predicted octanol–water partition coefficient (Wildman–Crippen LogP) is 2.20. The minimum absolute atomic E-state index is 0.154. The summed E-state index contributed by atoms with van der Waals surface area (Å²) in [6, 6.07) is 1.80. The van der Waals surface area contributed by atoms with E-state index in [4.69, 9.17) is 0 Å². The van der Waals surface area contributed by atoms with Crippen molar-refractivity contribution in [1.29, 1.82) is 0 Å². The van der Waals surface area contributed by atoms with Crippen LogP contribution in [0.3, 0.4) is 0 Å². The average molecular weight is 190 g/mol. The number of aromatic nitrogens is 2. The molecule has 0 spiro atoms. The molecule has 0 unspecified atom stereocenters. The van der Waals surface area contributed by atoms with Crippen molar-refractivity contribution in [2.75, 3.05) is 0 Å². The van der Waals surface area contributed by atoms with E-state index in [0.717, 1.165) is 37.1 Å². The summed E-state index contributed by atoms with van der Waals surface area (Å²) in [4.78, 5) is 12.0. The van der Waals surface area contributed by atoms with Gasteiger partial charge < -0.3 is 0 Å². The first kappa shape index (κ1) is 9.19. The first-order valence-electron chi connectivity index (χ1n) is 5.08. The minimum Gasteiger partial charge on any atom is -0.287 e. The molecular weight excluding hydrogens is 176 g/mol. The summed E-state index contributed by atoms with van der Waals surface area (Å²) in [6.45, 7) is 2.74. The fourth-order valence-electron chi connectivity index (χ4n) is 1.82. The number of nitrogens with zero attached hydrogens (tertiary/aromatic N) is 2. The molecule has 0 radical (unpaired) electrons. The summed E-state index contributed by atoms with van der Waals surface area (Å²) in [6.07, 6.45) is 6.82. The summed E-state index contributed by atoms with van der Waals surface area (Å²) in [5.74, 6) is 0.154. The molecule has 0 aromatic carbocycles. The molecule has 1 aromatic heterocycles. The SMILES string of the molecule is CCn1nccc1C(=O)C1=CCCC1. The second kappa shape index (κ2) is 3.78. The van der Waals surface area contributed by atoms with E-state index in [1.165, 1.54) is 0 Å². The Morgan fingerprint density at radius 3 is 3.14 bits per heavy atom. The van der Waals surface area contributed by atoms with Crippen molar-refractivity contribution < 1.29 is 4.79 Å². The van der Waals surface area contributed by atoms with Crippen molar-refractivity contribution in [2.45, 2.75) is 32.7 Å². The van der Waals surface area contributed by atoms with Gasteiger partial charge in [-0.05, 0) is 37.8 Å². The molecule has 0 saturated carbocycles. The Kier molecular flexibility index (Phi) is 2.48. The molecule has 1 aliphatic carbocycles. The first-order chi connectivity index (χ1) is 6.83. The maximum Gasteiger partial charge on any atom is 0.206 e. The van der Waals surface area contributed by atoms with E-state index in [-0.39, 0.29) is 5.78 Å².